The van der Waals surface area contributed by atoms with Crippen LogP contribution in [0.4, 0.5) is 0 Å². The highest BCUT2D eigenvalue weighted by Gasteiger charge is 2.08. The number of carboxylic acids is 1. The Morgan fingerprint density at radius 3 is 2.68 bits per heavy atom. The van der Waals surface area contributed by atoms with E-state index in [9.17, 15) is 4.79 Å². The van der Waals surface area contributed by atoms with Crippen molar-refractivity contribution in [3.05, 3.63) is 45.9 Å². The number of rotatable bonds is 6. The van der Waals surface area contributed by atoms with Gasteiger partial charge in [-0.1, -0.05) is 0 Å². The molecule has 2 rings (SSSR count). The van der Waals surface area contributed by atoms with Crippen LogP contribution >= 0.6 is 11.3 Å². The van der Waals surface area contributed by atoms with E-state index in [1.165, 1.54) is 17.4 Å². The third kappa shape index (κ3) is 4.07. The van der Waals surface area contributed by atoms with Gasteiger partial charge in [0, 0.05) is 5.38 Å². The van der Waals surface area contributed by atoms with Crippen LogP contribution < -0.4 is 9.47 Å². The quantitative estimate of drug-likeness (QED) is 0.650. The van der Waals surface area contributed by atoms with Gasteiger partial charge in [0.15, 0.2) is 0 Å². The third-order valence-electron chi connectivity index (χ3n) is 2.63. The summed E-state index contributed by atoms with van der Waals surface area (Å²) in [6, 6.07) is 8.76. The molecule has 2 aromatic rings. The van der Waals surface area contributed by atoms with Crippen molar-refractivity contribution in [1.82, 2.24) is 4.98 Å². The Morgan fingerprint density at radius 2 is 2.09 bits per heavy atom. The topological polar surface area (TPSA) is 92.4 Å². The van der Waals surface area contributed by atoms with Crippen LogP contribution in [0.3, 0.4) is 0 Å². The van der Waals surface area contributed by atoms with Gasteiger partial charge in [-0.25, -0.2) is 9.78 Å². The predicted molar refractivity (Wildman–Crippen MR) is 80.7 cm³/mol. The number of benzene rings is 1. The predicted octanol–water partition coefficient (Wildman–Crippen LogP) is 2.72. The molecule has 1 aromatic heterocycles. The second-order valence-corrected chi connectivity index (χ2v) is 5.05. The van der Waals surface area contributed by atoms with Crippen molar-refractivity contribution < 1.29 is 19.4 Å². The summed E-state index contributed by atoms with van der Waals surface area (Å²) in [5, 5.41) is 19.8. The van der Waals surface area contributed by atoms with E-state index < -0.39 is 5.97 Å². The lowest BCUT2D eigenvalue weighted by Crippen LogP contribution is -1.98. The molecule has 0 aliphatic rings. The van der Waals surface area contributed by atoms with Gasteiger partial charge in [-0.2, -0.15) is 5.26 Å². The van der Waals surface area contributed by atoms with Crippen LogP contribution in [0.2, 0.25) is 0 Å². The lowest BCUT2D eigenvalue weighted by atomic mass is 10.2. The molecular formula is C15H12N2O4S. The average molecular weight is 316 g/mol. The van der Waals surface area contributed by atoms with E-state index in [0.29, 0.717) is 16.5 Å². The Hall–Kier alpha value is -2.85. The van der Waals surface area contributed by atoms with Crippen LogP contribution in [0.25, 0.3) is 6.08 Å². The number of nitriles is 1. The Balaban J connectivity index is 2.00. The number of nitrogens with zero attached hydrogens (tertiary/aromatic N) is 2. The minimum Gasteiger partial charge on any atom is -0.497 e. The number of hydrogen-bond acceptors (Lipinski definition) is 6. The Kier molecular flexibility index (Phi) is 5.11. The fraction of sp³-hybridized carbons (Fsp3) is 0.133. The molecule has 1 N–H and O–H groups in total. The van der Waals surface area contributed by atoms with Gasteiger partial charge in [0.05, 0.1) is 12.8 Å². The fourth-order valence-corrected chi connectivity index (χ4v) is 2.23. The SMILES string of the molecule is COc1ccc(OCc2nc(/C=C(\C#N)C(=O)O)cs2)cc1. The smallest absolute Gasteiger partial charge is 0.346 e. The van der Waals surface area contributed by atoms with Gasteiger partial charge in [-0.05, 0) is 30.3 Å². The number of hydrogen-bond donors (Lipinski definition) is 1. The summed E-state index contributed by atoms with van der Waals surface area (Å²) in [5.41, 5.74) is 0.0743. The zero-order valence-corrected chi connectivity index (χ0v) is 12.5. The minimum atomic E-state index is -1.27. The standard InChI is InChI=1S/C15H12N2O4S/c1-20-12-2-4-13(5-3-12)21-8-14-17-11(9-22-14)6-10(7-16)15(18)19/h2-6,9H,8H2,1H3,(H,18,19)/b10-6+. The van der Waals surface area contributed by atoms with Crippen LogP contribution in [0.1, 0.15) is 10.7 Å². The zero-order chi connectivity index (χ0) is 15.9. The van der Waals surface area contributed by atoms with E-state index >= 15 is 0 Å². The van der Waals surface area contributed by atoms with Gasteiger partial charge in [-0.15, -0.1) is 11.3 Å². The van der Waals surface area contributed by atoms with Crippen molar-refractivity contribution in [2.45, 2.75) is 6.61 Å². The molecule has 1 aromatic carbocycles. The van der Waals surface area contributed by atoms with Crippen LogP contribution in [0.15, 0.2) is 35.2 Å². The number of carbonyl (C=O) groups is 1. The lowest BCUT2D eigenvalue weighted by molar-refractivity contribution is -0.132. The fourth-order valence-electron chi connectivity index (χ4n) is 1.56. The molecule has 0 amide bonds. The maximum absolute atomic E-state index is 10.8. The number of aromatic nitrogens is 1. The van der Waals surface area contributed by atoms with Gasteiger partial charge in [0.1, 0.15) is 34.8 Å². The van der Waals surface area contributed by atoms with Crippen LogP contribution in [0, 0.1) is 11.3 Å². The van der Waals surface area contributed by atoms with Crippen LogP contribution in [-0.2, 0) is 11.4 Å². The summed E-state index contributed by atoms with van der Waals surface area (Å²) < 4.78 is 10.6. The first-order chi connectivity index (χ1) is 10.6. The molecule has 0 saturated carbocycles. The molecule has 0 unspecified atom stereocenters. The van der Waals surface area contributed by atoms with Gasteiger partial charge in [0.2, 0.25) is 0 Å². The molecule has 0 aliphatic carbocycles. The number of thiazole rings is 1. The van der Waals surface area contributed by atoms with E-state index in [1.807, 2.05) is 0 Å². The highest BCUT2D eigenvalue weighted by atomic mass is 32.1. The molecule has 7 heteroatoms. The van der Waals surface area contributed by atoms with Crippen molar-refractivity contribution in [1.29, 1.82) is 5.26 Å². The van der Waals surface area contributed by atoms with Crippen LogP contribution in [0.5, 0.6) is 11.5 Å². The molecule has 6 nitrogen and oxygen atoms in total. The second-order valence-electron chi connectivity index (χ2n) is 4.11. The van der Waals surface area contributed by atoms with E-state index in [-0.39, 0.29) is 12.2 Å². The van der Waals surface area contributed by atoms with Crippen molar-refractivity contribution >= 4 is 23.4 Å². The third-order valence-corrected chi connectivity index (χ3v) is 3.47. The second kappa shape index (κ2) is 7.24. The van der Waals surface area contributed by atoms with E-state index in [0.717, 1.165) is 5.75 Å². The van der Waals surface area contributed by atoms with Crippen molar-refractivity contribution in [2.75, 3.05) is 7.11 Å². The summed E-state index contributed by atoms with van der Waals surface area (Å²) >= 11 is 1.33. The summed E-state index contributed by atoms with van der Waals surface area (Å²) in [7, 11) is 1.59. The molecular weight excluding hydrogens is 304 g/mol. The molecule has 0 saturated heterocycles. The van der Waals surface area contributed by atoms with Gasteiger partial charge in [0.25, 0.3) is 0 Å². The van der Waals surface area contributed by atoms with Crippen molar-refractivity contribution in [2.24, 2.45) is 0 Å². The Bertz CT molecular complexity index is 729. The summed E-state index contributed by atoms with van der Waals surface area (Å²) in [6.45, 7) is 0.264. The molecule has 0 spiro atoms. The number of ether oxygens (including phenoxy) is 2. The maximum Gasteiger partial charge on any atom is 0.346 e. The number of carboxylic acid groups (broad SMARTS) is 1. The molecule has 0 fully saturated rings. The molecule has 0 atom stereocenters. The molecule has 22 heavy (non-hydrogen) atoms. The van der Waals surface area contributed by atoms with E-state index in [4.69, 9.17) is 19.8 Å². The lowest BCUT2D eigenvalue weighted by Gasteiger charge is -2.04. The highest BCUT2D eigenvalue weighted by Crippen LogP contribution is 2.19. The van der Waals surface area contributed by atoms with Crippen molar-refractivity contribution in [3.63, 3.8) is 0 Å². The van der Waals surface area contributed by atoms with Gasteiger partial charge < -0.3 is 14.6 Å². The maximum atomic E-state index is 10.8. The molecule has 0 bridgehead atoms. The van der Waals surface area contributed by atoms with Crippen molar-refractivity contribution in [3.8, 4) is 17.6 Å². The Labute approximate surface area is 130 Å². The molecule has 0 aliphatic heterocycles. The molecule has 112 valence electrons. The average Bonchev–Trinajstić information content (AvgIpc) is 2.98. The van der Waals surface area contributed by atoms with Crippen LogP contribution in [-0.4, -0.2) is 23.2 Å². The number of aliphatic carboxylic acids is 1. The summed E-state index contributed by atoms with van der Waals surface area (Å²) in [6.07, 6.45) is 1.23. The summed E-state index contributed by atoms with van der Waals surface area (Å²) in [5.74, 6) is 0.148. The first-order valence-electron chi connectivity index (χ1n) is 6.18. The first kappa shape index (κ1) is 15.5. The van der Waals surface area contributed by atoms with Gasteiger partial charge >= 0.3 is 5.97 Å². The Morgan fingerprint density at radius 1 is 1.41 bits per heavy atom. The largest absolute Gasteiger partial charge is 0.497 e. The normalized spacial score (nSPS) is 10.8. The molecule has 0 radical (unpaired) electrons. The highest BCUT2D eigenvalue weighted by molar-refractivity contribution is 7.09. The summed E-state index contributed by atoms with van der Waals surface area (Å²) in [4.78, 5) is 15.0. The number of methoxy groups -OCH3 is 1. The monoisotopic (exact) mass is 316 g/mol. The van der Waals surface area contributed by atoms with E-state index in [1.54, 1.807) is 42.8 Å². The minimum absolute atomic E-state index is 0.264. The van der Waals surface area contributed by atoms with E-state index in [2.05, 4.69) is 4.98 Å². The zero-order valence-electron chi connectivity index (χ0n) is 11.6. The van der Waals surface area contributed by atoms with Gasteiger partial charge in [-0.3, -0.25) is 0 Å². The first-order valence-corrected chi connectivity index (χ1v) is 7.06. The molecule has 1 heterocycles.